The Hall–Kier alpha value is -2.18. The van der Waals surface area contributed by atoms with Gasteiger partial charge in [-0.25, -0.2) is 8.78 Å². The Balaban J connectivity index is 1.85. The maximum Gasteiger partial charge on any atom is 0.248 e. The molecule has 0 spiro atoms. The summed E-state index contributed by atoms with van der Waals surface area (Å²) in [6.07, 6.45) is 0.420. The summed E-state index contributed by atoms with van der Waals surface area (Å²) >= 11 is 0. The van der Waals surface area contributed by atoms with Crippen LogP contribution in [0, 0.1) is 0 Å². The monoisotopic (exact) mass is 324 g/mol. The molecule has 0 bridgehead atoms. The molecule has 124 valence electrons. The van der Waals surface area contributed by atoms with Gasteiger partial charge in [-0.15, -0.1) is 0 Å². The molecule has 7 heteroatoms. The van der Waals surface area contributed by atoms with Crippen LogP contribution in [0.2, 0.25) is 0 Å². The Labute approximate surface area is 132 Å². The summed E-state index contributed by atoms with van der Waals surface area (Å²) in [5.74, 6) is -0.686. The summed E-state index contributed by atoms with van der Waals surface area (Å²) in [6, 6.07) is 5.28. The molecule has 1 fully saturated rings. The zero-order valence-corrected chi connectivity index (χ0v) is 13.0. The highest BCUT2D eigenvalue weighted by atomic mass is 19.3. The van der Waals surface area contributed by atoms with E-state index in [4.69, 9.17) is 14.0 Å². The van der Waals surface area contributed by atoms with E-state index in [1.54, 1.807) is 32.4 Å². The molecule has 1 aromatic carbocycles. The van der Waals surface area contributed by atoms with Crippen molar-refractivity contribution in [3.8, 4) is 22.9 Å². The van der Waals surface area contributed by atoms with E-state index in [0.29, 0.717) is 41.6 Å². The number of alkyl halides is 2. The van der Waals surface area contributed by atoms with Crippen LogP contribution < -0.4 is 9.47 Å². The van der Waals surface area contributed by atoms with Crippen molar-refractivity contribution in [1.82, 2.24) is 10.1 Å². The van der Waals surface area contributed by atoms with Crippen molar-refractivity contribution in [2.75, 3.05) is 14.2 Å². The quantitative estimate of drug-likeness (QED) is 0.849. The van der Waals surface area contributed by atoms with Crippen LogP contribution >= 0.6 is 0 Å². The first kappa shape index (κ1) is 15.7. The lowest BCUT2D eigenvalue weighted by Crippen LogP contribution is -2.23. The fourth-order valence-corrected chi connectivity index (χ4v) is 2.79. The minimum absolute atomic E-state index is 0.118. The SMILES string of the molecule is COc1ccc(OC)c(-c2noc(C3CCC(F)(F)CC3)n2)c1. The molecular weight excluding hydrogens is 306 g/mol. The van der Waals surface area contributed by atoms with Gasteiger partial charge >= 0.3 is 0 Å². The van der Waals surface area contributed by atoms with Crippen LogP contribution in [-0.2, 0) is 0 Å². The molecule has 3 rings (SSSR count). The Morgan fingerprint density at radius 3 is 2.57 bits per heavy atom. The second-order valence-corrected chi connectivity index (χ2v) is 5.65. The van der Waals surface area contributed by atoms with Gasteiger partial charge < -0.3 is 14.0 Å². The maximum atomic E-state index is 13.2. The van der Waals surface area contributed by atoms with Crippen molar-refractivity contribution in [1.29, 1.82) is 0 Å². The molecule has 1 heterocycles. The average molecular weight is 324 g/mol. The summed E-state index contributed by atoms with van der Waals surface area (Å²) in [5.41, 5.74) is 0.642. The van der Waals surface area contributed by atoms with E-state index < -0.39 is 5.92 Å². The number of aromatic nitrogens is 2. The molecule has 0 radical (unpaired) electrons. The van der Waals surface area contributed by atoms with Crippen LogP contribution in [0.25, 0.3) is 11.4 Å². The maximum absolute atomic E-state index is 13.2. The standard InChI is InChI=1S/C16H18F2N2O3/c1-21-11-3-4-13(22-2)12(9-11)14-19-15(23-20-14)10-5-7-16(17,18)8-6-10/h3-4,9-10H,5-8H2,1-2H3. The lowest BCUT2D eigenvalue weighted by molar-refractivity contribution is -0.0402. The van der Waals surface area contributed by atoms with E-state index >= 15 is 0 Å². The molecule has 1 saturated carbocycles. The zero-order valence-electron chi connectivity index (χ0n) is 13.0. The van der Waals surface area contributed by atoms with Crippen LogP contribution in [-0.4, -0.2) is 30.3 Å². The fraction of sp³-hybridized carbons (Fsp3) is 0.500. The van der Waals surface area contributed by atoms with E-state index in [0.717, 1.165) is 0 Å². The number of hydrogen-bond donors (Lipinski definition) is 0. The summed E-state index contributed by atoms with van der Waals surface area (Å²) in [7, 11) is 3.12. The lowest BCUT2D eigenvalue weighted by Gasteiger charge is -2.25. The minimum Gasteiger partial charge on any atom is -0.497 e. The molecule has 0 atom stereocenters. The van der Waals surface area contributed by atoms with Gasteiger partial charge in [0, 0.05) is 18.8 Å². The van der Waals surface area contributed by atoms with Crippen molar-refractivity contribution in [3.05, 3.63) is 24.1 Å². The second kappa shape index (κ2) is 6.14. The Kier molecular flexibility index (Phi) is 4.19. The summed E-state index contributed by atoms with van der Waals surface area (Å²) in [6.45, 7) is 0. The van der Waals surface area contributed by atoms with E-state index in [9.17, 15) is 8.78 Å². The third-order valence-corrected chi connectivity index (χ3v) is 4.16. The van der Waals surface area contributed by atoms with Crippen molar-refractivity contribution in [2.45, 2.75) is 37.5 Å². The number of methoxy groups -OCH3 is 2. The first-order valence-corrected chi connectivity index (χ1v) is 7.46. The molecule has 23 heavy (non-hydrogen) atoms. The number of ether oxygens (including phenoxy) is 2. The Bertz CT molecular complexity index is 678. The van der Waals surface area contributed by atoms with Gasteiger partial charge in [-0.05, 0) is 31.0 Å². The molecular formula is C16H18F2N2O3. The predicted molar refractivity (Wildman–Crippen MR) is 79.0 cm³/mol. The zero-order chi connectivity index (χ0) is 16.4. The first-order valence-electron chi connectivity index (χ1n) is 7.46. The van der Waals surface area contributed by atoms with Crippen LogP contribution in [0.15, 0.2) is 22.7 Å². The summed E-state index contributed by atoms with van der Waals surface area (Å²) in [4.78, 5) is 4.38. The highest BCUT2D eigenvalue weighted by molar-refractivity contribution is 5.66. The molecule has 1 aliphatic carbocycles. The second-order valence-electron chi connectivity index (χ2n) is 5.65. The normalized spacial score (nSPS) is 17.9. The third-order valence-electron chi connectivity index (χ3n) is 4.16. The fourth-order valence-electron chi connectivity index (χ4n) is 2.79. The third kappa shape index (κ3) is 3.28. The van der Waals surface area contributed by atoms with Gasteiger partial charge in [-0.2, -0.15) is 4.98 Å². The first-order chi connectivity index (χ1) is 11.0. The van der Waals surface area contributed by atoms with Crippen LogP contribution in [0.5, 0.6) is 11.5 Å². The molecule has 1 aliphatic rings. The largest absolute Gasteiger partial charge is 0.497 e. The van der Waals surface area contributed by atoms with Crippen LogP contribution in [0.3, 0.4) is 0 Å². The number of nitrogens with zero attached hydrogens (tertiary/aromatic N) is 2. The van der Waals surface area contributed by atoms with Gasteiger partial charge in [0.25, 0.3) is 0 Å². The highest BCUT2D eigenvalue weighted by Crippen LogP contribution is 2.41. The topological polar surface area (TPSA) is 57.4 Å². The van der Waals surface area contributed by atoms with Gasteiger partial charge in [0.15, 0.2) is 0 Å². The van der Waals surface area contributed by atoms with Crippen molar-refractivity contribution in [2.24, 2.45) is 0 Å². The predicted octanol–water partition coefficient (Wildman–Crippen LogP) is 4.05. The summed E-state index contributed by atoms with van der Waals surface area (Å²) < 4.78 is 42.3. The van der Waals surface area contributed by atoms with Gasteiger partial charge in [-0.1, -0.05) is 5.16 Å². The van der Waals surface area contributed by atoms with Crippen LogP contribution in [0.1, 0.15) is 37.5 Å². The van der Waals surface area contributed by atoms with Gasteiger partial charge in [-0.3, -0.25) is 0 Å². The van der Waals surface area contributed by atoms with Crippen molar-refractivity contribution >= 4 is 0 Å². The molecule has 1 aromatic heterocycles. The number of benzene rings is 1. The molecule has 5 nitrogen and oxygen atoms in total. The number of rotatable bonds is 4. The van der Waals surface area contributed by atoms with Crippen molar-refractivity contribution < 1.29 is 22.8 Å². The average Bonchev–Trinajstić information content (AvgIpc) is 3.04. The van der Waals surface area contributed by atoms with E-state index in [1.165, 1.54) is 0 Å². The molecule has 0 N–H and O–H groups in total. The summed E-state index contributed by atoms with van der Waals surface area (Å²) in [5, 5.41) is 3.97. The Morgan fingerprint density at radius 1 is 1.17 bits per heavy atom. The van der Waals surface area contributed by atoms with Gasteiger partial charge in [0.1, 0.15) is 11.5 Å². The number of hydrogen-bond acceptors (Lipinski definition) is 5. The van der Waals surface area contributed by atoms with Gasteiger partial charge in [0.05, 0.1) is 19.8 Å². The molecule has 0 saturated heterocycles. The molecule has 2 aromatic rings. The van der Waals surface area contributed by atoms with Crippen LogP contribution in [0.4, 0.5) is 8.78 Å². The van der Waals surface area contributed by atoms with Gasteiger partial charge in [0.2, 0.25) is 17.6 Å². The molecule has 0 aliphatic heterocycles. The number of halogens is 2. The minimum atomic E-state index is -2.57. The van der Waals surface area contributed by atoms with E-state index in [1.807, 2.05) is 0 Å². The highest BCUT2D eigenvalue weighted by Gasteiger charge is 2.37. The smallest absolute Gasteiger partial charge is 0.248 e. The molecule has 0 unspecified atom stereocenters. The van der Waals surface area contributed by atoms with E-state index in [-0.39, 0.29) is 18.8 Å². The molecule has 0 amide bonds. The van der Waals surface area contributed by atoms with E-state index in [2.05, 4.69) is 10.1 Å². The van der Waals surface area contributed by atoms with Crippen molar-refractivity contribution in [3.63, 3.8) is 0 Å². The Morgan fingerprint density at radius 2 is 1.91 bits per heavy atom. The lowest BCUT2D eigenvalue weighted by atomic mass is 9.87.